The van der Waals surface area contributed by atoms with Crippen LogP contribution in [-0.2, 0) is 22.9 Å². The highest BCUT2D eigenvalue weighted by molar-refractivity contribution is 7.78. The molecule has 0 saturated carbocycles. The molecule has 0 bridgehead atoms. The first-order valence-corrected chi connectivity index (χ1v) is 5.71. The molecular weight excluding hydrogens is 255 g/mol. The molecule has 0 saturated heterocycles. The fourth-order valence-corrected chi connectivity index (χ4v) is 1.73. The van der Waals surface area contributed by atoms with Gasteiger partial charge in [-0.15, -0.1) is 3.95 Å². The summed E-state index contributed by atoms with van der Waals surface area (Å²) in [4.78, 5) is 3.26. The summed E-state index contributed by atoms with van der Waals surface area (Å²) in [6.07, 6.45) is -1.71. The Labute approximate surface area is 98.2 Å². The molecule has 4 nitrogen and oxygen atoms in total. The lowest BCUT2D eigenvalue weighted by molar-refractivity contribution is -0.379. The van der Waals surface area contributed by atoms with E-state index in [4.69, 9.17) is 5.26 Å². The van der Waals surface area contributed by atoms with Gasteiger partial charge < -0.3 is 4.55 Å². The third-order valence-electron chi connectivity index (χ3n) is 1.87. The summed E-state index contributed by atoms with van der Waals surface area (Å²) >= 11 is 0. The van der Waals surface area contributed by atoms with Gasteiger partial charge in [0.05, 0.1) is 12.8 Å². The molecule has 0 aliphatic carbocycles. The van der Waals surface area contributed by atoms with Crippen molar-refractivity contribution >= 4 is 11.0 Å². The largest absolute Gasteiger partial charge is 0.467 e. The van der Waals surface area contributed by atoms with Crippen molar-refractivity contribution < 1.29 is 21.7 Å². The Hall–Kier alpha value is -1.46. The molecule has 92 valence electrons. The SMILES string of the molecule is C[N+](C#N)=S(O)Cc1ccc(C(F)(F)F)nc1. The van der Waals surface area contributed by atoms with E-state index in [0.717, 1.165) is 16.2 Å². The van der Waals surface area contributed by atoms with E-state index in [1.54, 1.807) is 6.19 Å². The van der Waals surface area contributed by atoms with Gasteiger partial charge in [0.15, 0.2) is 5.26 Å². The number of pyridine rings is 1. The number of rotatable bonds is 2. The Morgan fingerprint density at radius 2 is 2.18 bits per heavy atom. The van der Waals surface area contributed by atoms with Crippen LogP contribution in [0.15, 0.2) is 18.3 Å². The van der Waals surface area contributed by atoms with Gasteiger partial charge in [-0.1, -0.05) is 6.07 Å². The molecule has 0 aliphatic heterocycles. The van der Waals surface area contributed by atoms with Gasteiger partial charge in [-0.05, 0) is 11.6 Å². The van der Waals surface area contributed by atoms with Crippen LogP contribution in [0.2, 0.25) is 0 Å². The molecule has 1 aromatic heterocycles. The Kier molecular flexibility index (Phi) is 4.20. The van der Waals surface area contributed by atoms with Crippen molar-refractivity contribution in [3.05, 3.63) is 29.6 Å². The summed E-state index contributed by atoms with van der Waals surface area (Å²) in [6, 6.07) is 2.08. The second kappa shape index (κ2) is 5.25. The van der Waals surface area contributed by atoms with Gasteiger partial charge in [-0.3, -0.25) is 4.98 Å². The quantitative estimate of drug-likeness (QED) is 0.505. The number of hydrogen-bond donors (Lipinski definition) is 1. The maximum atomic E-state index is 12.2. The van der Waals surface area contributed by atoms with Crippen molar-refractivity contribution in [2.24, 2.45) is 0 Å². The lowest BCUT2D eigenvalue weighted by atomic mass is 10.3. The molecule has 1 aromatic rings. The van der Waals surface area contributed by atoms with Gasteiger partial charge in [-0.2, -0.15) is 13.2 Å². The number of nitrogens with zero attached hydrogens (tertiary/aromatic N) is 3. The van der Waals surface area contributed by atoms with E-state index in [9.17, 15) is 17.7 Å². The number of alkyl halides is 3. The highest BCUT2D eigenvalue weighted by atomic mass is 32.2. The normalized spacial score (nSPS) is 14.0. The highest BCUT2D eigenvalue weighted by Crippen LogP contribution is 2.27. The summed E-state index contributed by atoms with van der Waals surface area (Å²) in [5.41, 5.74) is -0.543. The van der Waals surface area contributed by atoms with Crippen LogP contribution in [0.4, 0.5) is 13.2 Å². The molecule has 0 aromatic carbocycles. The standard InChI is InChI=1S/C9H8F3N3OS/c1-15(6-13)17(16)5-7-2-3-8(14-4-7)9(10,11)12/h2-4H,5H2,1H3/p+1. The Morgan fingerprint density at radius 3 is 2.59 bits per heavy atom. The number of aromatic nitrogens is 1. The molecule has 1 N–H and O–H groups in total. The molecule has 0 spiro atoms. The predicted molar refractivity (Wildman–Crippen MR) is 54.7 cm³/mol. The van der Waals surface area contributed by atoms with Gasteiger partial charge >= 0.3 is 12.4 Å². The van der Waals surface area contributed by atoms with E-state index >= 15 is 0 Å². The topological polar surface area (TPSA) is 59.9 Å². The molecular formula is C9H9F3N3OS+. The Bertz CT molecular complexity index is 476. The Balaban J connectivity index is 2.88. The summed E-state index contributed by atoms with van der Waals surface area (Å²) < 4.78 is 47.1. The van der Waals surface area contributed by atoms with Gasteiger partial charge in [0.1, 0.15) is 16.7 Å². The van der Waals surface area contributed by atoms with Crippen LogP contribution in [0, 0.1) is 11.5 Å². The molecule has 8 heteroatoms. The minimum atomic E-state index is -4.47. The molecule has 1 unspecified atom stereocenters. The fourth-order valence-electron chi connectivity index (χ4n) is 0.971. The van der Waals surface area contributed by atoms with E-state index in [0.29, 0.717) is 5.56 Å². The maximum Gasteiger partial charge on any atom is 0.467 e. The van der Waals surface area contributed by atoms with Crippen LogP contribution < -0.4 is 0 Å². The van der Waals surface area contributed by atoms with Crippen molar-refractivity contribution in [2.45, 2.75) is 11.9 Å². The molecule has 0 amide bonds. The average Bonchev–Trinajstić information content (AvgIpc) is 2.27. The highest BCUT2D eigenvalue weighted by Gasteiger charge is 2.32. The van der Waals surface area contributed by atoms with Crippen LogP contribution in [0.1, 0.15) is 11.3 Å². The summed E-state index contributed by atoms with van der Waals surface area (Å²) in [7, 11) is 0.0469. The van der Waals surface area contributed by atoms with E-state index in [1.807, 2.05) is 0 Å². The molecule has 0 radical (unpaired) electrons. The van der Waals surface area contributed by atoms with Crippen molar-refractivity contribution in [2.75, 3.05) is 7.05 Å². The minimum absolute atomic E-state index is 0.0647. The van der Waals surface area contributed by atoms with Gasteiger partial charge in [0.2, 0.25) is 0 Å². The molecule has 17 heavy (non-hydrogen) atoms. The second-order valence-electron chi connectivity index (χ2n) is 3.13. The lowest BCUT2D eigenvalue weighted by Gasteiger charge is -2.06. The van der Waals surface area contributed by atoms with Crippen LogP contribution in [0.25, 0.3) is 0 Å². The monoisotopic (exact) mass is 264 g/mol. The van der Waals surface area contributed by atoms with Gasteiger partial charge in [0.25, 0.3) is 0 Å². The molecule has 0 aliphatic rings. The Morgan fingerprint density at radius 1 is 1.53 bits per heavy atom. The van der Waals surface area contributed by atoms with E-state index in [2.05, 4.69) is 4.98 Å². The molecule has 1 atom stereocenters. The number of nitriles is 1. The zero-order chi connectivity index (χ0) is 13.1. The van der Waals surface area contributed by atoms with E-state index < -0.39 is 22.8 Å². The van der Waals surface area contributed by atoms with Crippen molar-refractivity contribution in [1.29, 1.82) is 5.26 Å². The number of halogens is 3. The molecule has 1 rings (SSSR count). The average molecular weight is 264 g/mol. The second-order valence-corrected chi connectivity index (χ2v) is 4.65. The van der Waals surface area contributed by atoms with Crippen LogP contribution in [0.5, 0.6) is 0 Å². The zero-order valence-electron chi connectivity index (χ0n) is 8.77. The lowest BCUT2D eigenvalue weighted by Crippen LogP contribution is -2.10. The first-order chi connectivity index (χ1) is 7.84. The predicted octanol–water partition coefficient (Wildman–Crippen LogP) is 2.00. The van der Waals surface area contributed by atoms with Crippen LogP contribution in [0.3, 0.4) is 0 Å². The first kappa shape index (κ1) is 13.6. The van der Waals surface area contributed by atoms with E-state index in [-0.39, 0.29) is 5.75 Å². The zero-order valence-corrected chi connectivity index (χ0v) is 9.59. The van der Waals surface area contributed by atoms with Gasteiger partial charge in [0, 0.05) is 6.20 Å². The van der Waals surface area contributed by atoms with Gasteiger partial charge in [-0.25, -0.2) is 0 Å². The first-order valence-electron chi connectivity index (χ1n) is 4.40. The maximum absolute atomic E-state index is 12.2. The van der Waals surface area contributed by atoms with Crippen LogP contribution in [-0.4, -0.2) is 20.5 Å². The van der Waals surface area contributed by atoms with Crippen molar-refractivity contribution in [3.8, 4) is 6.19 Å². The summed E-state index contributed by atoms with van der Waals surface area (Å²) in [5.74, 6) is 0.0647. The van der Waals surface area contributed by atoms with Crippen molar-refractivity contribution in [3.63, 3.8) is 0 Å². The smallest absolute Gasteiger partial charge is 0.305 e. The third kappa shape index (κ3) is 3.80. The van der Waals surface area contributed by atoms with E-state index in [1.165, 1.54) is 13.1 Å². The van der Waals surface area contributed by atoms with Crippen molar-refractivity contribution in [1.82, 2.24) is 4.98 Å². The minimum Gasteiger partial charge on any atom is -0.305 e. The molecule has 1 heterocycles. The van der Waals surface area contributed by atoms with Crippen LogP contribution >= 0.6 is 0 Å². The summed E-state index contributed by atoms with van der Waals surface area (Å²) in [6.45, 7) is 0. The third-order valence-corrected chi connectivity index (χ3v) is 3.17. The molecule has 0 fully saturated rings. The number of hydrogen-bond acceptors (Lipinski definition) is 2. The summed E-state index contributed by atoms with van der Waals surface area (Å²) in [5, 5.41) is 8.49. The fraction of sp³-hybridized carbons (Fsp3) is 0.333.